The van der Waals surface area contributed by atoms with Gasteiger partial charge in [0.1, 0.15) is 0 Å². The van der Waals surface area contributed by atoms with E-state index in [1.165, 1.54) is 12.1 Å². The second kappa shape index (κ2) is 14.6. The molecule has 4 aromatic carbocycles. The molecule has 0 saturated carbocycles. The van der Waals surface area contributed by atoms with Gasteiger partial charge in [-0.05, 0) is 46.4 Å². The molecule has 2 amide bonds. The number of rotatable bonds is 13. The Kier molecular flexibility index (Phi) is 10.2. The molecule has 0 aliphatic rings. The van der Waals surface area contributed by atoms with E-state index in [0.717, 1.165) is 39.6 Å². The van der Waals surface area contributed by atoms with E-state index < -0.39 is 4.92 Å². The molecular formula is C37H39N5O4. The highest BCUT2D eigenvalue weighted by molar-refractivity contribution is 5.96. The molecule has 9 heteroatoms. The van der Waals surface area contributed by atoms with Gasteiger partial charge in [0.15, 0.2) is 0 Å². The van der Waals surface area contributed by atoms with Gasteiger partial charge in [-0.2, -0.15) is 0 Å². The molecule has 0 bridgehead atoms. The average molecular weight is 618 g/mol. The summed E-state index contributed by atoms with van der Waals surface area (Å²) >= 11 is 0. The van der Waals surface area contributed by atoms with Crippen LogP contribution in [-0.4, -0.2) is 43.8 Å². The largest absolute Gasteiger partial charge is 0.351 e. The molecule has 0 aliphatic carbocycles. The fraction of sp³-hybridized carbons (Fsp3) is 0.270. The zero-order valence-corrected chi connectivity index (χ0v) is 26.4. The quantitative estimate of drug-likeness (QED) is 0.117. The van der Waals surface area contributed by atoms with Crippen molar-refractivity contribution in [1.29, 1.82) is 0 Å². The summed E-state index contributed by atoms with van der Waals surface area (Å²) in [7, 11) is 0. The van der Waals surface area contributed by atoms with E-state index in [1.54, 1.807) is 24.7 Å². The number of nitro groups is 1. The van der Waals surface area contributed by atoms with Gasteiger partial charge in [-0.3, -0.25) is 19.7 Å². The highest BCUT2D eigenvalue weighted by Crippen LogP contribution is 2.23. The SMILES string of the molecule is CC[C@H](C)[C@@H](CN(Cc1cccc2ccccc12)C(=O)c1ccccc1C)NC(=O)Cc1cncn1Cc1ccc([N+](=O)[O-])cc1. The minimum absolute atomic E-state index is 0.0282. The van der Waals surface area contributed by atoms with Crippen LogP contribution < -0.4 is 5.32 Å². The van der Waals surface area contributed by atoms with Crippen molar-refractivity contribution in [2.75, 3.05) is 6.54 Å². The van der Waals surface area contributed by atoms with Crippen LogP contribution >= 0.6 is 0 Å². The number of benzene rings is 4. The third-order valence-electron chi connectivity index (χ3n) is 8.64. The second-order valence-electron chi connectivity index (χ2n) is 11.8. The van der Waals surface area contributed by atoms with Crippen LogP contribution in [0, 0.1) is 23.0 Å². The number of carbonyl (C=O) groups is 2. The van der Waals surface area contributed by atoms with Crippen LogP contribution in [0.1, 0.15) is 53.0 Å². The molecule has 9 nitrogen and oxygen atoms in total. The summed E-state index contributed by atoms with van der Waals surface area (Å²) in [6.07, 6.45) is 4.25. The Hall–Kier alpha value is -5.31. The topological polar surface area (TPSA) is 110 Å². The van der Waals surface area contributed by atoms with Gasteiger partial charge < -0.3 is 14.8 Å². The second-order valence-corrected chi connectivity index (χ2v) is 11.8. The van der Waals surface area contributed by atoms with Gasteiger partial charge in [0.05, 0.1) is 17.7 Å². The normalized spacial score (nSPS) is 12.4. The van der Waals surface area contributed by atoms with E-state index in [0.29, 0.717) is 25.2 Å². The molecule has 46 heavy (non-hydrogen) atoms. The third-order valence-corrected chi connectivity index (χ3v) is 8.64. The van der Waals surface area contributed by atoms with Gasteiger partial charge in [0, 0.05) is 55.3 Å². The first-order chi connectivity index (χ1) is 22.2. The number of fused-ring (bicyclic) bond motifs is 1. The van der Waals surface area contributed by atoms with Crippen molar-refractivity contribution in [1.82, 2.24) is 19.8 Å². The standard InChI is InChI=1S/C37H39N5O4/c1-4-26(2)35(39-36(43)20-32-21-38-25-41(32)22-28-16-18-31(19-17-28)42(45)46)24-40(37(44)33-14-7-5-10-27(33)3)23-30-13-9-12-29-11-6-8-15-34(29)30/h5-19,21,25-26,35H,4,20,22-24H2,1-3H3,(H,39,43)/t26-,35+/m0/s1. The maximum Gasteiger partial charge on any atom is 0.269 e. The van der Waals surface area contributed by atoms with E-state index in [-0.39, 0.29) is 35.9 Å². The predicted molar refractivity (Wildman–Crippen MR) is 179 cm³/mol. The molecule has 0 spiro atoms. The van der Waals surface area contributed by atoms with Crippen LogP contribution in [-0.2, 0) is 24.3 Å². The summed E-state index contributed by atoms with van der Waals surface area (Å²) in [5.41, 5.74) is 4.21. The first kappa shape index (κ1) is 32.1. The lowest BCUT2D eigenvalue weighted by Crippen LogP contribution is -2.49. The van der Waals surface area contributed by atoms with Gasteiger partial charge in [-0.15, -0.1) is 0 Å². The molecule has 0 fully saturated rings. The maximum absolute atomic E-state index is 14.1. The lowest BCUT2D eigenvalue weighted by molar-refractivity contribution is -0.384. The van der Waals surface area contributed by atoms with Crippen molar-refractivity contribution in [2.24, 2.45) is 5.92 Å². The van der Waals surface area contributed by atoms with Gasteiger partial charge >= 0.3 is 0 Å². The summed E-state index contributed by atoms with van der Waals surface area (Å²) in [6.45, 7) is 7.30. The highest BCUT2D eigenvalue weighted by Gasteiger charge is 2.27. The minimum Gasteiger partial charge on any atom is -0.351 e. The van der Waals surface area contributed by atoms with Crippen molar-refractivity contribution in [3.05, 3.63) is 142 Å². The number of nitrogens with one attached hydrogen (secondary N) is 1. The van der Waals surface area contributed by atoms with Crippen LogP contribution in [0.5, 0.6) is 0 Å². The number of aryl methyl sites for hydroxylation is 1. The predicted octanol–water partition coefficient (Wildman–Crippen LogP) is 6.72. The lowest BCUT2D eigenvalue weighted by Gasteiger charge is -2.32. The summed E-state index contributed by atoms with van der Waals surface area (Å²) in [5.74, 6) is -0.132. The Morgan fingerprint density at radius 1 is 0.978 bits per heavy atom. The number of nitrogens with zero attached hydrogens (tertiary/aromatic N) is 4. The van der Waals surface area contributed by atoms with Crippen molar-refractivity contribution in [2.45, 2.75) is 52.7 Å². The van der Waals surface area contributed by atoms with E-state index in [1.807, 2.05) is 58.9 Å². The number of aromatic nitrogens is 2. The minimum atomic E-state index is -0.428. The van der Waals surface area contributed by atoms with E-state index in [4.69, 9.17) is 0 Å². The molecule has 0 saturated heterocycles. The number of non-ortho nitro benzene ring substituents is 1. The van der Waals surface area contributed by atoms with Crippen LogP contribution in [0.2, 0.25) is 0 Å². The van der Waals surface area contributed by atoms with Crippen LogP contribution in [0.4, 0.5) is 5.69 Å². The van der Waals surface area contributed by atoms with Crippen molar-refractivity contribution in [3.8, 4) is 0 Å². The summed E-state index contributed by atoms with van der Waals surface area (Å²) in [5, 5.41) is 16.5. The first-order valence-electron chi connectivity index (χ1n) is 15.6. The molecule has 1 heterocycles. The molecule has 1 aromatic heterocycles. The smallest absolute Gasteiger partial charge is 0.269 e. The van der Waals surface area contributed by atoms with Gasteiger partial charge in [-0.25, -0.2) is 4.98 Å². The molecule has 0 aliphatic heterocycles. The monoisotopic (exact) mass is 617 g/mol. The Bertz CT molecular complexity index is 1830. The molecule has 5 rings (SSSR count). The van der Waals surface area contributed by atoms with E-state index in [2.05, 4.69) is 48.4 Å². The third kappa shape index (κ3) is 7.66. The van der Waals surface area contributed by atoms with Crippen molar-refractivity contribution in [3.63, 3.8) is 0 Å². The lowest BCUT2D eigenvalue weighted by atomic mass is 9.96. The zero-order valence-electron chi connectivity index (χ0n) is 26.4. The van der Waals surface area contributed by atoms with E-state index >= 15 is 0 Å². The number of nitro benzene ring substituents is 1. The molecule has 0 radical (unpaired) electrons. The molecular weight excluding hydrogens is 578 g/mol. The molecule has 2 atom stereocenters. The maximum atomic E-state index is 14.1. The Morgan fingerprint density at radius 3 is 2.43 bits per heavy atom. The van der Waals surface area contributed by atoms with Crippen molar-refractivity contribution < 1.29 is 14.5 Å². The zero-order chi connectivity index (χ0) is 32.6. The van der Waals surface area contributed by atoms with Gasteiger partial charge in [0.2, 0.25) is 5.91 Å². The molecule has 5 aromatic rings. The number of hydrogen-bond donors (Lipinski definition) is 1. The summed E-state index contributed by atoms with van der Waals surface area (Å²) in [4.78, 5) is 44.4. The Labute approximate surface area is 269 Å². The first-order valence-corrected chi connectivity index (χ1v) is 15.6. The Balaban J connectivity index is 1.36. The number of hydrogen-bond acceptors (Lipinski definition) is 5. The van der Waals surface area contributed by atoms with Gasteiger partial charge in [-0.1, -0.05) is 93.1 Å². The molecule has 1 N–H and O–H groups in total. The van der Waals surface area contributed by atoms with Crippen LogP contribution in [0.25, 0.3) is 10.8 Å². The van der Waals surface area contributed by atoms with Crippen LogP contribution in [0.3, 0.4) is 0 Å². The summed E-state index contributed by atoms with van der Waals surface area (Å²) in [6, 6.07) is 28.0. The van der Waals surface area contributed by atoms with Crippen LogP contribution in [0.15, 0.2) is 104 Å². The van der Waals surface area contributed by atoms with E-state index in [9.17, 15) is 19.7 Å². The summed E-state index contributed by atoms with van der Waals surface area (Å²) < 4.78 is 1.87. The number of carbonyl (C=O) groups excluding carboxylic acids is 2. The van der Waals surface area contributed by atoms with Gasteiger partial charge in [0.25, 0.3) is 11.6 Å². The number of amides is 2. The number of imidazole rings is 1. The molecule has 236 valence electrons. The fourth-order valence-electron chi connectivity index (χ4n) is 5.71. The Morgan fingerprint density at radius 2 is 1.70 bits per heavy atom. The van der Waals surface area contributed by atoms with Crippen molar-refractivity contribution >= 4 is 28.3 Å². The fourth-order valence-corrected chi connectivity index (χ4v) is 5.71. The highest BCUT2D eigenvalue weighted by atomic mass is 16.6. The molecule has 0 unspecified atom stereocenters. The average Bonchev–Trinajstić information content (AvgIpc) is 3.49.